The fourth-order valence-corrected chi connectivity index (χ4v) is 6.33. The molecule has 0 amide bonds. The van der Waals surface area contributed by atoms with Gasteiger partial charge in [0, 0.05) is 22.3 Å². The van der Waals surface area contributed by atoms with Gasteiger partial charge in [-0.05, 0) is 86.8 Å². The molecule has 0 aromatic heterocycles. The predicted octanol–water partition coefficient (Wildman–Crippen LogP) is 12.7. The van der Waals surface area contributed by atoms with Crippen molar-refractivity contribution in [1.29, 1.82) is 0 Å². The number of allylic oxidation sites excluding steroid dienone is 2. The maximum absolute atomic E-state index is 12.0. The van der Waals surface area contributed by atoms with Crippen molar-refractivity contribution in [2.45, 2.75) is 150 Å². The van der Waals surface area contributed by atoms with Crippen molar-refractivity contribution in [2.24, 2.45) is 0 Å². The highest BCUT2D eigenvalue weighted by Crippen LogP contribution is 2.44. The zero-order chi connectivity index (χ0) is 29.3. The molecule has 0 bridgehead atoms. The monoisotopic (exact) mass is 554 g/mol. The van der Waals surface area contributed by atoms with E-state index in [0.717, 1.165) is 37.1 Å². The molecule has 41 heavy (non-hydrogen) atoms. The number of benzene rings is 2. The third-order valence-electron chi connectivity index (χ3n) is 8.71. The highest BCUT2D eigenvalue weighted by atomic mass is 15.2. The fraction of sp³-hybridized carbons (Fsp3) is 0.590. The van der Waals surface area contributed by atoms with Gasteiger partial charge in [0.25, 0.3) is 0 Å². The molecule has 0 radical (unpaired) electrons. The second-order valence-electron chi connectivity index (χ2n) is 12.3. The molecule has 0 aliphatic carbocycles. The minimum Gasteiger partial charge on any atom is -0.493 e. The van der Waals surface area contributed by atoms with Gasteiger partial charge in [-0.25, -0.2) is 4.70 Å². The van der Waals surface area contributed by atoms with Crippen molar-refractivity contribution in [3.05, 3.63) is 87.5 Å². The lowest BCUT2D eigenvalue weighted by atomic mass is 9.91. The average molecular weight is 555 g/mol. The van der Waals surface area contributed by atoms with Crippen molar-refractivity contribution in [2.75, 3.05) is 0 Å². The van der Waals surface area contributed by atoms with Gasteiger partial charge in [0.1, 0.15) is 0 Å². The van der Waals surface area contributed by atoms with E-state index in [4.69, 9.17) is 0 Å². The molecule has 2 heteroatoms. The normalized spacial score (nSPS) is 13.6. The summed E-state index contributed by atoms with van der Waals surface area (Å²) in [6.07, 6.45) is 23.1. The molecule has 3 rings (SSSR count). The van der Waals surface area contributed by atoms with Crippen molar-refractivity contribution >= 4 is 11.4 Å². The SMILES string of the molecule is CCCCCCC1=C(c2cccc(CCCCCC)c2)[N+](=[N-])C(c2cccc(CCCCCC)c2)=C1CCCCC. The summed E-state index contributed by atoms with van der Waals surface area (Å²) in [6, 6.07) is 18.1. The quantitative estimate of drug-likeness (QED) is 0.108. The van der Waals surface area contributed by atoms with Crippen LogP contribution in [0.15, 0.2) is 59.7 Å². The Labute approximate surface area is 252 Å². The van der Waals surface area contributed by atoms with Crippen LogP contribution in [0.2, 0.25) is 0 Å². The summed E-state index contributed by atoms with van der Waals surface area (Å²) in [5.41, 5.74) is 22.0. The average Bonchev–Trinajstić information content (AvgIpc) is 3.26. The zero-order valence-corrected chi connectivity index (χ0v) is 26.9. The molecule has 0 fully saturated rings. The van der Waals surface area contributed by atoms with E-state index in [1.165, 1.54) is 130 Å². The van der Waals surface area contributed by atoms with Crippen LogP contribution in [0.3, 0.4) is 0 Å². The Morgan fingerprint density at radius 3 is 1.24 bits per heavy atom. The van der Waals surface area contributed by atoms with E-state index >= 15 is 0 Å². The minimum atomic E-state index is 1.03. The smallest absolute Gasteiger partial charge is 0.211 e. The maximum atomic E-state index is 12.0. The molecule has 0 saturated carbocycles. The van der Waals surface area contributed by atoms with Gasteiger partial charge in [0.05, 0.1) is 0 Å². The van der Waals surface area contributed by atoms with Gasteiger partial charge in [-0.3, -0.25) is 0 Å². The van der Waals surface area contributed by atoms with Gasteiger partial charge < -0.3 is 5.53 Å². The third-order valence-corrected chi connectivity index (χ3v) is 8.71. The lowest BCUT2D eigenvalue weighted by molar-refractivity contribution is -0.345. The molecule has 224 valence electrons. The van der Waals surface area contributed by atoms with Crippen LogP contribution in [0.4, 0.5) is 0 Å². The largest absolute Gasteiger partial charge is 0.493 e. The van der Waals surface area contributed by atoms with E-state index in [0.29, 0.717) is 0 Å². The molecular formula is C39H58N2. The van der Waals surface area contributed by atoms with Gasteiger partial charge in [-0.2, -0.15) is 0 Å². The Bertz CT molecular complexity index is 1140. The van der Waals surface area contributed by atoms with E-state index in [1.54, 1.807) is 4.70 Å². The van der Waals surface area contributed by atoms with Crippen LogP contribution in [0, 0.1) is 0 Å². The Hall–Kier alpha value is -2.48. The molecule has 2 aromatic carbocycles. The van der Waals surface area contributed by atoms with Crippen LogP contribution in [0.5, 0.6) is 0 Å². The summed E-state index contributed by atoms with van der Waals surface area (Å²) in [5, 5.41) is 0. The summed E-state index contributed by atoms with van der Waals surface area (Å²) in [5.74, 6) is 0. The molecule has 1 heterocycles. The van der Waals surface area contributed by atoms with Gasteiger partial charge in [0.15, 0.2) is 0 Å². The Morgan fingerprint density at radius 2 is 0.829 bits per heavy atom. The maximum Gasteiger partial charge on any atom is 0.211 e. The van der Waals surface area contributed by atoms with Gasteiger partial charge in [0.2, 0.25) is 11.4 Å². The van der Waals surface area contributed by atoms with E-state index in [9.17, 15) is 5.53 Å². The second kappa shape index (κ2) is 18.9. The first-order chi connectivity index (χ1) is 20.1. The van der Waals surface area contributed by atoms with Crippen LogP contribution in [0.25, 0.3) is 16.9 Å². The molecule has 2 aromatic rings. The van der Waals surface area contributed by atoms with Crippen LogP contribution in [-0.2, 0) is 12.8 Å². The summed E-state index contributed by atoms with van der Waals surface area (Å²) in [4.78, 5) is 0. The standard InChI is InChI=1S/C39H58N2/c1-5-9-13-17-22-32-24-20-26-34(30-32)38-36(28-16-12-8-4)37(29-19-15-11-7-3)39(41(38)40)35-27-21-25-33(31-35)23-18-14-10-6-2/h20-21,24-27,30-31H,5-19,22-23,28-29H2,1-4H3. The summed E-state index contributed by atoms with van der Waals surface area (Å²) in [7, 11) is 0. The molecule has 0 N–H and O–H groups in total. The van der Waals surface area contributed by atoms with Gasteiger partial charge >= 0.3 is 0 Å². The first-order valence-corrected chi connectivity index (χ1v) is 17.3. The van der Waals surface area contributed by atoms with Crippen molar-refractivity contribution in [3.8, 4) is 0 Å². The number of hydrogen-bond donors (Lipinski definition) is 0. The van der Waals surface area contributed by atoms with Crippen LogP contribution >= 0.6 is 0 Å². The van der Waals surface area contributed by atoms with Gasteiger partial charge in [-0.15, -0.1) is 0 Å². The van der Waals surface area contributed by atoms with E-state index in [-0.39, 0.29) is 0 Å². The molecule has 1 aliphatic heterocycles. The van der Waals surface area contributed by atoms with E-state index in [1.807, 2.05) is 0 Å². The molecular weight excluding hydrogens is 496 g/mol. The van der Waals surface area contributed by atoms with Crippen LogP contribution in [-0.4, -0.2) is 4.70 Å². The third kappa shape index (κ3) is 10.1. The summed E-state index contributed by atoms with van der Waals surface area (Å²) < 4.78 is 1.59. The summed E-state index contributed by atoms with van der Waals surface area (Å²) >= 11 is 0. The predicted molar refractivity (Wildman–Crippen MR) is 179 cm³/mol. The molecule has 0 spiro atoms. The molecule has 1 aliphatic rings. The number of unbranched alkanes of at least 4 members (excludes halogenated alkanes) is 11. The first-order valence-electron chi connectivity index (χ1n) is 17.3. The van der Waals surface area contributed by atoms with E-state index in [2.05, 4.69) is 76.2 Å². The topological polar surface area (TPSA) is 25.3 Å². The molecule has 0 saturated heterocycles. The highest BCUT2D eigenvalue weighted by Gasteiger charge is 2.35. The zero-order valence-electron chi connectivity index (χ0n) is 26.9. The minimum absolute atomic E-state index is 1.03. The number of hydrogen-bond acceptors (Lipinski definition) is 0. The molecule has 0 atom stereocenters. The summed E-state index contributed by atoms with van der Waals surface area (Å²) in [6.45, 7) is 9.11. The van der Waals surface area contributed by atoms with Crippen molar-refractivity contribution in [1.82, 2.24) is 0 Å². The van der Waals surface area contributed by atoms with E-state index < -0.39 is 0 Å². The van der Waals surface area contributed by atoms with Crippen LogP contribution < -0.4 is 0 Å². The lowest BCUT2D eigenvalue weighted by Crippen LogP contribution is -2.03. The molecule has 0 unspecified atom stereocenters. The Kier molecular flexibility index (Phi) is 15.2. The number of aryl methyl sites for hydroxylation is 2. The Morgan fingerprint density at radius 1 is 0.463 bits per heavy atom. The molecule has 2 nitrogen and oxygen atoms in total. The second-order valence-corrected chi connectivity index (χ2v) is 12.3. The van der Waals surface area contributed by atoms with Crippen molar-refractivity contribution < 1.29 is 4.70 Å². The van der Waals surface area contributed by atoms with Crippen LogP contribution in [0.1, 0.15) is 159 Å². The Balaban J connectivity index is 2.00. The first kappa shape index (κ1) is 33.0. The lowest BCUT2D eigenvalue weighted by Gasteiger charge is -2.12. The highest BCUT2D eigenvalue weighted by molar-refractivity contribution is 5.82. The number of nitrogens with zero attached hydrogens (tertiary/aromatic N) is 2. The van der Waals surface area contributed by atoms with Crippen molar-refractivity contribution in [3.63, 3.8) is 0 Å². The fourth-order valence-electron chi connectivity index (χ4n) is 6.33. The van der Waals surface area contributed by atoms with Gasteiger partial charge in [-0.1, -0.05) is 123 Å². The number of rotatable bonds is 21.